The summed E-state index contributed by atoms with van der Waals surface area (Å²) in [6, 6.07) is 8.43. The van der Waals surface area contributed by atoms with Gasteiger partial charge in [-0.2, -0.15) is 0 Å². The fraction of sp³-hybridized carbons (Fsp3) is 0.500. The fourth-order valence-electron chi connectivity index (χ4n) is 3.08. The van der Waals surface area contributed by atoms with Crippen molar-refractivity contribution in [3.63, 3.8) is 0 Å². The summed E-state index contributed by atoms with van der Waals surface area (Å²) < 4.78 is 0. The second kappa shape index (κ2) is 5.65. The second-order valence-electron chi connectivity index (χ2n) is 5.68. The van der Waals surface area contributed by atoms with E-state index >= 15 is 0 Å². The van der Waals surface area contributed by atoms with E-state index in [4.69, 9.17) is 10.7 Å². The number of hydrogen-bond acceptors (Lipinski definition) is 4. The first-order valence-corrected chi connectivity index (χ1v) is 7.51. The van der Waals surface area contributed by atoms with Crippen LogP contribution in [0.15, 0.2) is 24.3 Å². The van der Waals surface area contributed by atoms with Crippen molar-refractivity contribution in [1.82, 2.24) is 9.97 Å². The topological polar surface area (TPSA) is 55.0 Å². The molecule has 0 saturated heterocycles. The number of rotatable bonds is 2. The van der Waals surface area contributed by atoms with Crippen LogP contribution in [0.1, 0.15) is 38.5 Å². The lowest BCUT2D eigenvalue weighted by Gasteiger charge is -2.28. The van der Waals surface area contributed by atoms with Gasteiger partial charge in [0.2, 0.25) is 0 Å². The molecule has 1 aliphatic rings. The van der Waals surface area contributed by atoms with E-state index in [-0.39, 0.29) is 0 Å². The molecule has 1 aromatic carbocycles. The van der Waals surface area contributed by atoms with E-state index in [1.54, 1.807) is 0 Å². The number of hydrogen-bond donors (Lipinski definition) is 1. The van der Waals surface area contributed by atoms with E-state index in [0.29, 0.717) is 11.9 Å². The van der Waals surface area contributed by atoms with Gasteiger partial charge in [0.15, 0.2) is 11.6 Å². The molecule has 4 heteroatoms. The molecule has 0 radical (unpaired) electrons. The van der Waals surface area contributed by atoms with Gasteiger partial charge in [-0.1, -0.05) is 37.8 Å². The number of nitrogen functional groups attached to an aromatic ring is 1. The molecule has 3 rings (SSSR count). The van der Waals surface area contributed by atoms with Crippen molar-refractivity contribution in [2.24, 2.45) is 0 Å². The molecule has 4 nitrogen and oxygen atoms in total. The third kappa shape index (κ3) is 2.55. The first-order valence-electron chi connectivity index (χ1n) is 7.51. The minimum atomic E-state index is 0.537. The Morgan fingerprint density at radius 3 is 2.25 bits per heavy atom. The highest BCUT2D eigenvalue weighted by Gasteiger charge is 2.20. The standard InChI is InChI=1S/C16H22N4/c1-20(12-8-4-2-3-5-9-12)16-15(17)18-13-10-6-7-11-14(13)19-16/h6-7,10-12H,2-5,8-9H2,1H3,(H2,17,18). The molecule has 0 aliphatic heterocycles. The zero-order valence-electron chi connectivity index (χ0n) is 12.0. The van der Waals surface area contributed by atoms with E-state index in [9.17, 15) is 0 Å². The molecule has 0 amide bonds. The molecule has 20 heavy (non-hydrogen) atoms. The Balaban J connectivity index is 1.93. The van der Waals surface area contributed by atoms with Gasteiger partial charge in [0.1, 0.15) is 0 Å². The first kappa shape index (κ1) is 13.2. The number of fused-ring (bicyclic) bond motifs is 1. The van der Waals surface area contributed by atoms with Crippen LogP contribution in [0.3, 0.4) is 0 Å². The fourth-order valence-corrected chi connectivity index (χ4v) is 3.08. The number of aromatic nitrogens is 2. The highest BCUT2D eigenvalue weighted by Crippen LogP contribution is 2.28. The molecule has 106 valence electrons. The van der Waals surface area contributed by atoms with Crippen molar-refractivity contribution in [3.8, 4) is 0 Å². The Morgan fingerprint density at radius 2 is 1.60 bits per heavy atom. The van der Waals surface area contributed by atoms with Gasteiger partial charge in [0, 0.05) is 13.1 Å². The van der Waals surface area contributed by atoms with Gasteiger partial charge in [0.05, 0.1) is 11.0 Å². The number of para-hydroxylation sites is 2. The average Bonchev–Trinajstić information content (AvgIpc) is 2.75. The highest BCUT2D eigenvalue weighted by molar-refractivity contribution is 5.79. The summed E-state index contributed by atoms with van der Waals surface area (Å²) in [6.45, 7) is 0. The Bertz CT molecular complexity index is 588. The SMILES string of the molecule is CN(c1nc2ccccc2nc1N)C1CCCCCC1. The van der Waals surface area contributed by atoms with E-state index in [2.05, 4.69) is 16.9 Å². The molecule has 0 spiro atoms. The van der Waals surface area contributed by atoms with Crippen LogP contribution in [0.5, 0.6) is 0 Å². The van der Waals surface area contributed by atoms with Gasteiger partial charge >= 0.3 is 0 Å². The molecular formula is C16H22N4. The van der Waals surface area contributed by atoms with E-state index in [1.807, 2.05) is 24.3 Å². The zero-order chi connectivity index (χ0) is 13.9. The summed E-state index contributed by atoms with van der Waals surface area (Å²) in [5.74, 6) is 1.37. The van der Waals surface area contributed by atoms with Crippen LogP contribution < -0.4 is 10.6 Å². The minimum Gasteiger partial charge on any atom is -0.381 e. The van der Waals surface area contributed by atoms with Crippen molar-refractivity contribution >= 4 is 22.7 Å². The van der Waals surface area contributed by atoms with Crippen molar-refractivity contribution < 1.29 is 0 Å². The normalized spacial score (nSPS) is 17.1. The minimum absolute atomic E-state index is 0.537. The molecule has 0 atom stereocenters. The number of anilines is 2. The summed E-state index contributed by atoms with van der Waals surface area (Å²) in [6.07, 6.45) is 7.76. The third-order valence-corrected chi connectivity index (χ3v) is 4.28. The van der Waals surface area contributed by atoms with Gasteiger partial charge in [-0.25, -0.2) is 9.97 Å². The Hall–Kier alpha value is -1.84. The van der Waals surface area contributed by atoms with Crippen molar-refractivity contribution in [2.75, 3.05) is 17.7 Å². The summed E-state index contributed by atoms with van der Waals surface area (Å²) in [5.41, 5.74) is 7.90. The van der Waals surface area contributed by atoms with Gasteiger partial charge in [0.25, 0.3) is 0 Å². The number of nitrogens with zero attached hydrogens (tertiary/aromatic N) is 3. The maximum absolute atomic E-state index is 6.12. The van der Waals surface area contributed by atoms with Crippen LogP contribution in [0.4, 0.5) is 11.6 Å². The van der Waals surface area contributed by atoms with Gasteiger partial charge in [-0.15, -0.1) is 0 Å². The lowest BCUT2D eigenvalue weighted by Crippen LogP contribution is -2.32. The van der Waals surface area contributed by atoms with E-state index in [0.717, 1.165) is 16.9 Å². The van der Waals surface area contributed by atoms with Crippen LogP contribution in [-0.2, 0) is 0 Å². The highest BCUT2D eigenvalue weighted by atomic mass is 15.2. The van der Waals surface area contributed by atoms with Crippen molar-refractivity contribution in [1.29, 1.82) is 0 Å². The Morgan fingerprint density at radius 1 is 1.00 bits per heavy atom. The van der Waals surface area contributed by atoms with E-state index in [1.165, 1.54) is 38.5 Å². The summed E-state index contributed by atoms with van der Waals surface area (Å²) in [5, 5.41) is 0. The molecule has 0 bridgehead atoms. The smallest absolute Gasteiger partial charge is 0.172 e. The zero-order valence-corrected chi connectivity index (χ0v) is 12.0. The average molecular weight is 270 g/mol. The molecule has 1 heterocycles. The Labute approximate surface area is 120 Å². The van der Waals surface area contributed by atoms with Crippen molar-refractivity contribution in [3.05, 3.63) is 24.3 Å². The second-order valence-corrected chi connectivity index (χ2v) is 5.68. The number of nitrogens with two attached hydrogens (primary N) is 1. The summed E-state index contributed by atoms with van der Waals surface area (Å²) in [4.78, 5) is 11.4. The molecule has 2 N–H and O–H groups in total. The summed E-state index contributed by atoms with van der Waals surface area (Å²) in [7, 11) is 2.10. The predicted octanol–water partition coefficient (Wildman–Crippen LogP) is 3.37. The van der Waals surface area contributed by atoms with Crippen LogP contribution in [-0.4, -0.2) is 23.1 Å². The largest absolute Gasteiger partial charge is 0.381 e. The molecule has 1 aromatic heterocycles. The number of benzene rings is 1. The summed E-state index contributed by atoms with van der Waals surface area (Å²) >= 11 is 0. The monoisotopic (exact) mass is 270 g/mol. The lowest BCUT2D eigenvalue weighted by molar-refractivity contribution is 0.550. The predicted molar refractivity (Wildman–Crippen MR) is 83.8 cm³/mol. The first-order chi connectivity index (χ1) is 9.75. The van der Waals surface area contributed by atoms with Crippen LogP contribution in [0, 0.1) is 0 Å². The van der Waals surface area contributed by atoms with E-state index < -0.39 is 0 Å². The molecule has 2 aromatic rings. The molecule has 1 saturated carbocycles. The van der Waals surface area contributed by atoms with Crippen LogP contribution >= 0.6 is 0 Å². The Kier molecular flexibility index (Phi) is 3.72. The van der Waals surface area contributed by atoms with Crippen molar-refractivity contribution in [2.45, 2.75) is 44.6 Å². The van der Waals surface area contributed by atoms with Crippen LogP contribution in [0.25, 0.3) is 11.0 Å². The molecular weight excluding hydrogens is 248 g/mol. The molecule has 1 fully saturated rings. The maximum Gasteiger partial charge on any atom is 0.172 e. The third-order valence-electron chi connectivity index (χ3n) is 4.28. The molecule has 0 unspecified atom stereocenters. The quantitative estimate of drug-likeness (QED) is 0.850. The van der Waals surface area contributed by atoms with Gasteiger partial charge < -0.3 is 10.6 Å². The van der Waals surface area contributed by atoms with Gasteiger partial charge in [-0.3, -0.25) is 0 Å². The maximum atomic E-state index is 6.12. The van der Waals surface area contributed by atoms with Crippen LogP contribution in [0.2, 0.25) is 0 Å². The molecule has 1 aliphatic carbocycles. The lowest BCUT2D eigenvalue weighted by atomic mass is 10.1. The van der Waals surface area contributed by atoms with Gasteiger partial charge in [-0.05, 0) is 25.0 Å².